The molecule has 2 fully saturated rings. The van der Waals surface area contributed by atoms with Crippen LogP contribution in [0.5, 0.6) is 0 Å². The number of ether oxygens (including phenoxy) is 12. The van der Waals surface area contributed by atoms with Crippen LogP contribution in [0.25, 0.3) is 0 Å². The number of hydrogen-bond acceptors (Lipinski definition) is 20. The molecule has 12 N–H and O–H groups in total. The number of nitrogens with two attached hydrogens (primary N) is 4. The van der Waals surface area contributed by atoms with Gasteiger partial charge in [0.1, 0.15) is 0 Å². The van der Waals surface area contributed by atoms with Crippen LogP contribution in [-0.4, -0.2) is 181 Å². The van der Waals surface area contributed by atoms with Gasteiger partial charge < -0.3 is 56.8 Å². The van der Waals surface area contributed by atoms with E-state index in [1.165, 1.54) is 0 Å². The van der Waals surface area contributed by atoms with Crippen LogP contribution in [0.15, 0.2) is 0 Å². The maximum Gasteiger partial charge on any atom is 0.248 e. The quantitative estimate of drug-likeness (QED) is 0.0563. The summed E-state index contributed by atoms with van der Waals surface area (Å²) in [4.78, 5) is 38.2. The molecule has 0 saturated carbocycles. The average molecular weight is 897 g/mol. The van der Waals surface area contributed by atoms with Gasteiger partial charge in [-0.2, -0.15) is 0 Å². The van der Waals surface area contributed by atoms with Crippen molar-refractivity contribution in [2.75, 3.05) is 159 Å². The molecule has 28 heteroatoms. The minimum atomic E-state index is -0.301. The molecular formula is C28H68N8O16P4. The zero-order valence-corrected chi connectivity index (χ0v) is 36.7. The molecule has 0 aliphatic carbocycles. The van der Waals surface area contributed by atoms with E-state index in [1.54, 1.807) is 0 Å². The largest absolute Gasteiger partial charge is 0.377 e. The molecule has 4 atom stereocenters. The van der Waals surface area contributed by atoms with Gasteiger partial charge in [-0.3, -0.25) is 40.9 Å². The molecule has 2 aliphatic rings. The lowest BCUT2D eigenvalue weighted by molar-refractivity contribution is -0.0334. The van der Waals surface area contributed by atoms with Gasteiger partial charge in [0.15, 0.2) is 0 Å². The van der Waals surface area contributed by atoms with E-state index in [0.29, 0.717) is 159 Å². The summed E-state index contributed by atoms with van der Waals surface area (Å²) >= 11 is 0. The molecule has 0 aromatic carbocycles. The Morgan fingerprint density at radius 3 is 0.339 bits per heavy atom. The molecule has 4 unspecified atom stereocenters. The van der Waals surface area contributed by atoms with Crippen LogP contribution in [0.1, 0.15) is 0 Å². The Bertz CT molecular complexity index is 604. The van der Waals surface area contributed by atoms with Gasteiger partial charge in [-0.15, -0.1) is 0 Å². The van der Waals surface area contributed by atoms with Crippen molar-refractivity contribution >= 4 is 59.6 Å². The molecule has 24 nitrogen and oxygen atoms in total. The first-order valence-electron chi connectivity index (χ1n) is 17.1. The molecule has 2 rings (SSSR count). The molecule has 0 aromatic rings. The van der Waals surface area contributed by atoms with E-state index in [0.717, 1.165) is 0 Å². The zero-order chi connectivity index (χ0) is 42.6. The summed E-state index contributed by atoms with van der Waals surface area (Å²) in [5.74, 6) is 18.2. The van der Waals surface area contributed by atoms with Crippen LogP contribution >= 0.6 is 37.0 Å². The van der Waals surface area contributed by atoms with Gasteiger partial charge in [-0.05, 0) is 37.0 Å². The SMILES string of the molecule is C1COCCOCCOCCOCCOCCO1.C1COCCOCCOCCOCCOCCO1.NNC(=O)P.NNC(=O)P.NNC(=O)P.NNC(=O)P. The van der Waals surface area contributed by atoms with Gasteiger partial charge in [0, 0.05) is 0 Å². The second-order valence-electron chi connectivity index (χ2n) is 9.38. The summed E-state index contributed by atoms with van der Waals surface area (Å²) < 4.78 is 63.9. The molecular weight excluding hydrogens is 828 g/mol. The molecule has 0 aromatic heterocycles. The van der Waals surface area contributed by atoms with Crippen molar-refractivity contribution in [1.29, 1.82) is 0 Å². The maximum atomic E-state index is 9.54. The van der Waals surface area contributed by atoms with E-state index in [1.807, 2.05) is 58.7 Å². The van der Waals surface area contributed by atoms with E-state index >= 15 is 0 Å². The van der Waals surface area contributed by atoms with E-state index in [-0.39, 0.29) is 22.6 Å². The van der Waals surface area contributed by atoms with E-state index in [4.69, 9.17) is 56.8 Å². The molecule has 4 amide bonds. The van der Waals surface area contributed by atoms with E-state index in [2.05, 4.69) is 23.4 Å². The third-order valence-electron chi connectivity index (χ3n) is 5.03. The lowest BCUT2D eigenvalue weighted by Crippen LogP contribution is -2.23. The maximum absolute atomic E-state index is 9.54. The van der Waals surface area contributed by atoms with Gasteiger partial charge in [0.2, 0.25) is 22.6 Å². The minimum Gasteiger partial charge on any atom is -0.377 e. The fourth-order valence-corrected chi connectivity index (χ4v) is 2.64. The highest BCUT2D eigenvalue weighted by atomic mass is 31.0. The number of amides is 4. The lowest BCUT2D eigenvalue weighted by atomic mass is 10.6. The van der Waals surface area contributed by atoms with E-state index < -0.39 is 0 Å². The fraction of sp³-hybridized carbons (Fsp3) is 0.857. The third-order valence-corrected chi connectivity index (χ3v) is 5.70. The van der Waals surface area contributed by atoms with Crippen molar-refractivity contribution in [1.82, 2.24) is 21.7 Å². The highest BCUT2D eigenvalue weighted by Crippen LogP contribution is 1.88. The Morgan fingerprint density at radius 2 is 0.304 bits per heavy atom. The van der Waals surface area contributed by atoms with Crippen LogP contribution in [0.4, 0.5) is 19.2 Å². The first-order valence-corrected chi connectivity index (χ1v) is 19.4. The topological polar surface area (TPSA) is 331 Å². The number of carbonyl (C=O) groups excluding carboxylic acids is 4. The number of rotatable bonds is 0. The van der Waals surface area contributed by atoms with Crippen LogP contribution in [0, 0.1) is 0 Å². The molecule has 2 aliphatic heterocycles. The van der Waals surface area contributed by atoms with Gasteiger partial charge in [0.25, 0.3) is 0 Å². The first-order chi connectivity index (χ1) is 27.1. The second kappa shape index (κ2) is 58.3. The Kier molecular flexibility index (Phi) is 64.1. The zero-order valence-electron chi connectivity index (χ0n) is 32.1. The van der Waals surface area contributed by atoms with Gasteiger partial charge in [-0.25, -0.2) is 23.4 Å². The van der Waals surface area contributed by atoms with Crippen LogP contribution in [0.3, 0.4) is 0 Å². The Labute approximate surface area is 338 Å². The molecule has 0 radical (unpaired) electrons. The van der Waals surface area contributed by atoms with Crippen molar-refractivity contribution < 1.29 is 76.0 Å². The molecule has 0 bridgehead atoms. The summed E-state index contributed by atoms with van der Waals surface area (Å²) in [5, 5.41) is 0. The number of hydrazine groups is 4. The Morgan fingerprint density at radius 1 is 0.250 bits per heavy atom. The molecule has 56 heavy (non-hydrogen) atoms. The summed E-state index contributed by atoms with van der Waals surface area (Å²) in [6.07, 6.45) is 0. The smallest absolute Gasteiger partial charge is 0.248 e. The first kappa shape index (κ1) is 61.6. The molecule has 2 heterocycles. The van der Waals surface area contributed by atoms with Gasteiger partial charge in [-0.1, -0.05) is 0 Å². The lowest BCUT2D eigenvalue weighted by Gasteiger charge is -2.09. The van der Waals surface area contributed by atoms with Crippen LogP contribution in [0.2, 0.25) is 0 Å². The van der Waals surface area contributed by atoms with Crippen molar-refractivity contribution in [3.63, 3.8) is 0 Å². The van der Waals surface area contributed by atoms with Crippen LogP contribution in [-0.2, 0) is 56.8 Å². The van der Waals surface area contributed by atoms with Crippen LogP contribution < -0.4 is 45.1 Å². The monoisotopic (exact) mass is 896 g/mol. The normalized spacial score (nSPS) is 17.9. The summed E-state index contributed by atoms with van der Waals surface area (Å²) in [6.45, 7) is 14.1. The van der Waals surface area contributed by atoms with Crippen molar-refractivity contribution in [2.45, 2.75) is 0 Å². The highest BCUT2D eigenvalue weighted by Gasteiger charge is 1.97. The summed E-state index contributed by atoms with van der Waals surface area (Å²) in [5.41, 5.74) is 6.20. The standard InChI is InChI=1S/2C12H24O6.4CH5N2OP/c2*1-2-14-5-6-16-9-10-18-12-11-17-8-7-15-4-3-13-1;4*2-3-1(4)5/h2*1-12H2;4*2,5H2,(H,3,4). The van der Waals surface area contributed by atoms with Crippen molar-refractivity contribution in [2.24, 2.45) is 23.4 Å². The Balaban J connectivity index is -0.000000328. The predicted molar refractivity (Wildman–Crippen MR) is 220 cm³/mol. The summed E-state index contributed by atoms with van der Waals surface area (Å²) in [6, 6.07) is 0. The molecule has 2 saturated heterocycles. The Hall–Kier alpha value is -1.04. The van der Waals surface area contributed by atoms with Crippen molar-refractivity contribution in [3.05, 3.63) is 0 Å². The fourth-order valence-electron chi connectivity index (χ4n) is 2.64. The van der Waals surface area contributed by atoms with Gasteiger partial charge >= 0.3 is 0 Å². The van der Waals surface area contributed by atoms with Gasteiger partial charge in [0.05, 0.1) is 159 Å². The second-order valence-corrected chi connectivity index (χ2v) is 11.5. The number of carbonyl (C=O) groups is 4. The average Bonchev–Trinajstić information content (AvgIpc) is 3.19. The minimum absolute atomic E-state index is 0.301. The highest BCUT2D eigenvalue weighted by molar-refractivity contribution is 7.40. The number of nitrogens with one attached hydrogen (secondary N) is 4. The predicted octanol–water partition coefficient (Wildman–Crippen LogP) is -2.02. The number of hydrogen-bond donors (Lipinski definition) is 8. The molecule has 336 valence electrons. The summed E-state index contributed by atoms with van der Waals surface area (Å²) in [7, 11) is 7.44. The van der Waals surface area contributed by atoms with E-state index in [9.17, 15) is 19.2 Å². The van der Waals surface area contributed by atoms with Crippen molar-refractivity contribution in [3.8, 4) is 0 Å². The molecule has 0 spiro atoms. The third kappa shape index (κ3) is 77.5.